The molecule has 0 heterocycles. The van der Waals surface area contributed by atoms with Gasteiger partial charge in [0.05, 0.1) is 28.9 Å². The topological polar surface area (TPSA) is 114 Å². The third-order valence-electron chi connectivity index (χ3n) is 4.86. The normalized spacial score (nSPS) is 11.2. The first-order valence-corrected chi connectivity index (χ1v) is 12.5. The van der Waals surface area contributed by atoms with Crippen LogP contribution >= 0.6 is 11.6 Å². The number of anilines is 1. The number of sulfonamides is 1. The summed E-state index contributed by atoms with van der Waals surface area (Å²) in [5, 5.41) is 4.08. The van der Waals surface area contributed by atoms with Crippen molar-refractivity contribution in [2.45, 2.75) is 11.8 Å². The average molecular weight is 530 g/mol. The van der Waals surface area contributed by atoms with E-state index in [1.165, 1.54) is 31.5 Å². The van der Waals surface area contributed by atoms with Gasteiger partial charge in [-0.1, -0.05) is 53.6 Å². The zero-order valence-corrected chi connectivity index (χ0v) is 21.1. The monoisotopic (exact) mass is 529 g/mol. The molecule has 0 aliphatic heterocycles. The number of aryl methyl sites for hydroxylation is 1. The molecule has 0 saturated heterocycles. The maximum atomic E-state index is 13.4. The SMILES string of the molecule is COC(=O)COc1cccc(/C=N\NC(=O)CN(c2ccccc2Cl)S(=O)(=O)c2ccc(C)cc2)c1. The van der Waals surface area contributed by atoms with Crippen molar-refractivity contribution in [2.24, 2.45) is 5.10 Å². The summed E-state index contributed by atoms with van der Waals surface area (Å²) in [6.07, 6.45) is 1.36. The van der Waals surface area contributed by atoms with Crippen molar-refractivity contribution in [3.8, 4) is 5.75 Å². The Morgan fingerprint density at radius 2 is 1.78 bits per heavy atom. The largest absolute Gasteiger partial charge is 0.482 e. The minimum atomic E-state index is -4.10. The number of ether oxygens (including phenoxy) is 2. The van der Waals surface area contributed by atoms with Crippen molar-refractivity contribution < 1.29 is 27.5 Å². The van der Waals surface area contributed by atoms with Gasteiger partial charge < -0.3 is 9.47 Å². The van der Waals surface area contributed by atoms with Crippen LogP contribution in [0, 0.1) is 6.92 Å². The van der Waals surface area contributed by atoms with Crippen LogP contribution in [0.1, 0.15) is 11.1 Å². The number of carbonyl (C=O) groups excluding carboxylic acids is 2. The highest BCUT2D eigenvalue weighted by atomic mass is 35.5. The number of methoxy groups -OCH3 is 1. The van der Waals surface area contributed by atoms with Gasteiger partial charge in [0.2, 0.25) is 0 Å². The van der Waals surface area contributed by atoms with Crippen molar-refractivity contribution in [1.29, 1.82) is 0 Å². The molecule has 0 unspecified atom stereocenters. The number of esters is 1. The van der Waals surface area contributed by atoms with Gasteiger partial charge in [0.1, 0.15) is 12.3 Å². The first-order valence-electron chi connectivity index (χ1n) is 10.7. The maximum absolute atomic E-state index is 13.4. The summed E-state index contributed by atoms with van der Waals surface area (Å²) in [4.78, 5) is 23.9. The molecule has 1 N–H and O–H groups in total. The highest BCUT2D eigenvalue weighted by molar-refractivity contribution is 7.92. The number of carbonyl (C=O) groups is 2. The lowest BCUT2D eigenvalue weighted by Gasteiger charge is -2.24. The van der Waals surface area contributed by atoms with E-state index in [1.54, 1.807) is 54.6 Å². The van der Waals surface area contributed by atoms with E-state index >= 15 is 0 Å². The highest BCUT2D eigenvalue weighted by Gasteiger charge is 2.28. The summed E-state index contributed by atoms with van der Waals surface area (Å²) in [6, 6.07) is 19.3. The minimum absolute atomic E-state index is 0.0214. The lowest BCUT2D eigenvalue weighted by molar-refractivity contribution is -0.142. The number of rotatable bonds is 10. The van der Waals surface area contributed by atoms with Gasteiger partial charge in [-0.3, -0.25) is 9.10 Å². The third kappa shape index (κ3) is 7.06. The molecule has 0 aromatic heterocycles. The number of para-hydroxylation sites is 1. The Morgan fingerprint density at radius 3 is 2.47 bits per heavy atom. The summed E-state index contributed by atoms with van der Waals surface area (Å²) in [5.74, 6) is -0.797. The van der Waals surface area contributed by atoms with Crippen LogP contribution in [0.4, 0.5) is 5.69 Å². The molecule has 0 spiro atoms. The molecule has 0 aliphatic rings. The van der Waals surface area contributed by atoms with Crippen molar-refractivity contribution in [2.75, 3.05) is 24.6 Å². The predicted octanol–water partition coefficient (Wildman–Crippen LogP) is 3.55. The van der Waals surface area contributed by atoms with E-state index in [0.717, 1.165) is 9.87 Å². The summed E-state index contributed by atoms with van der Waals surface area (Å²) in [7, 11) is -2.84. The van der Waals surface area contributed by atoms with E-state index < -0.39 is 28.4 Å². The smallest absolute Gasteiger partial charge is 0.343 e. The molecule has 0 bridgehead atoms. The molecule has 36 heavy (non-hydrogen) atoms. The van der Waals surface area contributed by atoms with Gasteiger partial charge in [-0.05, 0) is 48.9 Å². The number of nitrogens with one attached hydrogen (secondary N) is 1. The lowest BCUT2D eigenvalue weighted by Crippen LogP contribution is -2.39. The summed E-state index contributed by atoms with van der Waals surface area (Å²) >= 11 is 6.27. The van der Waals surface area contributed by atoms with Gasteiger partial charge in [0, 0.05) is 0 Å². The van der Waals surface area contributed by atoms with E-state index in [1.807, 2.05) is 6.92 Å². The molecule has 0 aliphatic carbocycles. The number of hydrazone groups is 1. The van der Waals surface area contributed by atoms with Crippen molar-refractivity contribution in [1.82, 2.24) is 5.43 Å². The first-order chi connectivity index (χ1) is 17.2. The fraction of sp³-hybridized carbons (Fsp3) is 0.160. The second kappa shape index (κ2) is 12.2. The molecular formula is C25H24ClN3O6S. The molecule has 0 fully saturated rings. The fourth-order valence-electron chi connectivity index (χ4n) is 3.02. The number of nitrogens with zero attached hydrogens (tertiary/aromatic N) is 2. The Morgan fingerprint density at radius 1 is 1.06 bits per heavy atom. The van der Waals surface area contributed by atoms with E-state index in [-0.39, 0.29) is 22.2 Å². The number of hydrogen-bond donors (Lipinski definition) is 1. The predicted molar refractivity (Wildman–Crippen MR) is 137 cm³/mol. The Bertz CT molecular complexity index is 1360. The number of amides is 1. The van der Waals surface area contributed by atoms with Crippen LogP contribution in [0.3, 0.4) is 0 Å². The molecule has 3 rings (SSSR count). The van der Waals surface area contributed by atoms with Gasteiger partial charge in [-0.2, -0.15) is 5.10 Å². The molecule has 11 heteroatoms. The summed E-state index contributed by atoms with van der Waals surface area (Å²) in [5.41, 5.74) is 3.96. The van der Waals surface area contributed by atoms with E-state index in [0.29, 0.717) is 11.3 Å². The zero-order valence-electron chi connectivity index (χ0n) is 19.5. The number of halogens is 1. The van der Waals surface area contributed by atoms with Gasteiger partial charge >= 0.3 is 5.97 Å². The Labute approximate surface area is 214 Å². The van der Waals surface area contributed by atoms with Gasteiger partial charge in [0.25, 0.3) is 15.9 Å². The van der Waals surface area contributed by atoms with Crippen LogP contribution in [0.15, 0.2) is 82.8 Å². The van der Waals surface area contributed by atoms with E-state index in [2.05, 4.69) is 15.3 Å². The van der Waals surface area contributed by atoms with Gasteiger partial charge in [-0.25, -0.2) is 18.6 Å². The number of benzene rings is 3. The van der Waals surface area contributed by atoms with Crippen LogP contribution in [0.5, 0.6) is 5.75 Å². The molecule has 3 aromatic rings. The number of hydrogen-bond acceptors (Lipinski definition) is 7. The average Bonchev–Trinajstić information content (AvgIpc) is 2.87. The lowest BCUT2D eigenvalue weighted by atomic mass is 10.2. The van der Waals surface area contributed by atoms with Crippen LogP contribution < -0.4 is 14.5 Å². The molecule has 3 aromatic carbocycles. The minimum Gasteiger partial charge on any atom is -0.482 e. The summed E-state index contributed by atoms with van der Waals surface area (Å²) < 4.78 is 37.6. The van der Waals surface area contributed by atoms with E-state index in [9.17, 15) is 18.0 Å². The van der Waals surface area contributed by atoms with Crippen LogP contribution in [-0.2, 0) is 24.3 Å². The molecule has 0 radical (unpaired) electrons. The van der Waals surface area contributed by atoms with Crippen LogP contribution in [0.2, 0.25) is 5.02 Å². The maximum Gasteiger partial charge on any atom is 0.343 e. The quantitative estimate of drug-likeness (QED) is 0.244. The summed E-state index contributed by atoms with van der Waals surface area (Å²) in [6.45, 7) is 1.04. The zero-order chi connectivity index (χ0) is 26.1. The molecule has 0 saturated carbocycles. The van der Waals surface area contributed by atoms with Gasteiger partial charge in [-0.15, -0.1) is 0 Å². The highest BCUT2D eigenvalue weighted by Crippen LogP contribution is 2.30. The Hall–Kier alpha value is -3.89. The molecular weight excluding hydrogens is 506 g/mol. The molecule has 9 nitrogen and oxygen atoms in total. The Balaban J connectivity index is 1.75. The van der Waals surface area contributed by atoms with Crippen LogP contribution in [0.25, 0.3) is 0 Å². The second-order valence-corrected chi connectivity index (χ2v) is 9.78. The molecule has 1 amide bonds. The van der Waals surface area contributed by atoms with Crippen molar-refractivity contribution in [3.05, 3.63) is 88.9 Å². The van der Waals surface area contributed by atoms with Crippen molar-refractivity contribution >= 4 is 45.4 Å². The van der Waals surface area contributed by atoms with Crippen LogP contribution in [-0.4, -0.2) is 46.8 Å². The standard InChI is InChI=1S/C25H24ClN3O6S/c1-18-10-12-21(13-11-18)36(32,33)29(23-9-4-3-8-22(23)26)16-24(30)28-27-15-19-6-5-7-20(14-19)35-17-25(31)34-2/h3-15H,16-17H2,1-2H3,(H,28,30)/b27-15-. The Kier molecular flexibility index (Phi) is 9.04. The third-order valence-corrected chi connectivity index (χ3v) is 6.96. The second-order valence-electron chi connectivity index (χ2n) is 7.51. The van der Waals surface area contributed by atoms with E-state index in [4.69, 9.17) is 16.3 Å². The van der Waals surface area contributed by atoms with Gasteiger partial charge in [0.15, 0.2) is 6.61 Å². The molecule has 0 atom stereocenters. The molecule has 188 valence electrons. The van der Waals surface area contributed by atoms with Crippen molar-refractivity contribution in [3.63, 3.8) is 0 Å². The fourth-order valence-corrected chi connectivity index (χ4v) is 4.75. The first kappa shape index (κ1) is 26.7.